The van der Waals surface area contributed by atoms with Gasteiger partial charge in [0.2, 0.25) is 6.41 Å². The third-order valence-corrected chi connectivity index (χ3v) is 8.20. The first-order chi connectivity index (χ1) is 20.3. The van der Waals surface area contributed by atoms with Gasteiger partial charge in [-0.2, -0.15) is 5.10 Å². The van der Waals surface area contributed by atoms with E-state index >= 15 is 0 Å². The van der Waals surface area contributed by atoms with E-state index in [2.05, 4.69) is 25.3 Å². The molecule has 0 radical (unpaired) electrons. The molecule has 0 spiro atoms. The number of aromatic nitrogens is 5. The number of likely N-dealkylation sites (tertiary alicyclic amines) is 1. The summed E-state index contributed by atoms with van der Waals surface area (Å²) in [5.41, 5.74) is 3.83. The number of hydrogen-bond donors (Lipinski definition) is 2. The van der Waals surface area contributed by atoms with E-state index in [1.54, 1.807) is 17.9 Å². The summed E-state index contributed by atoms with van der Waals surface area (Å²) in [6.45, 7) is 2.55. The van der Waals surface area contributed by atoms with Gasteiger partial charge in [0.1, 0.15) is 5.52 Å². The summed E-state index contributed by atoms with van der Waals surface area (Å²) in [6, 6.07) is 13.5. The Kier molecular flexibility index (Phi) is 7.63. The number of fused-ring (bicyclic) bond motifs is 1. The lowest BCUT2D eigenvalue weighted by Gasteiger charge is -2.38. The monoisotopic (exact) mass is 587 g/mol. The number of nitrogens with one attached hydrogen (secondary N) is 1. The fourth-order valence-corrected chi connectivity index (χ4v) is 5.74. The summed E-state index contributed by atoms with van der Waals surface area (Å²) in [7, 11) is 1.78. The zero-order valence-electron chi connectivity index (χ0n) is 23.0. The molecule has 1 amide bonds. The van der Waals surface area contributed by atoms with Gasteiger partial charge >= 0.3 is 0 Å². The molecule has 0 unspecified atom stereocenters. The fraction of sp³-hybridized carbons (Fsp3) is 0.300. The van der Waals surface area contributed by atoms with Crippen molar-refractivity contribution in [3.63, 3.8) is 0 Å². The molecule has 1 saturated heterocycles. The molecule has 216 valence electrons. The van der Waals surface area contributed by atoms with Crippen LogP contribution < -0.4 is 10.9 Å². The largest absolute Gasteiger partial charge is 0.444 e. The number of nitrogens with zero attached hydrogens (tertiary/aromatic N) is 6. The minimum absolute atomic E-state index is 0.138. The van der Waals surface area contributed by atoms with Crippen molar-refractivity contribution in [1.82, 2.24) is 34.5 Å². The smallest absolute Gasteiger partial charge is 0.281 e. The number of aliphatic hydroxyl groups is 1. The number of benzene rings is 2. The Morgan fingerprint density at radius 1 is 1.12 bits per heavy atom. The van der Waals surface area contributed by atoms with Gasteiger partial charge in [-0.05, 0) is 30.0 Å². The lowest BCUT2D eigenvalue weighted by atomic mass is 9.91. The standard InChI is InChI=1S/C30H30ClN7O4/c1-36-28(21-4-2-20(3-5-21)13-32-18-39)26-27(35-36)29(40)38(17-34-26)16-30(41)8-10-37(11-9-30)15-23-7-6-22(12-24(23)31)25-14-33-19-42-25/h2-7,12,14,17-19,41H,8-11,13,15-16H2,1H3,(H,32,39). The van der Waals surface area contributed by atoms with Gasteiger partial charge in [-0.3, -0.25) is 23.7 Å². The number of carbonyl (C=O) groups excluding carboxylic acids is 1. The van der Waals surface area contributed by atoms with Crippen LogP contribution >= 0.6 is 11.6 Å². The Hall–Kier alpha value is -4.32. The maximum Gasteiger partial charge on any atom is 0.281 e. The van der Waals surface area contributed by atoms with Gasteiger partial charge in [0, 0.05) is 49.4 Å². The van der Waals surface area contributed by atoms with Crippen molar-refractivity contribution >= 4 is 29.0 Å². The molecule has 0 saturated carbocycles. The average molecular weight is 588 g/mol. The zero-order valence-corrected chi connectivity index (χ0v) is 23.8. The summed E-state index contributed by atoms with van der Waals surface area (Å²) >= 11 is 6.57. The van der Waals surface area contributed by atoms with Crippen molar-refractivity contribution in [3.05, 3.63) is 87.9 Å². The van der Waals surface area contributed by atoms with Crippen LogP contribution in [0.5, 0.6) is 0 Å². The summed E-state index contributed by atoms with van der Waals surface area (Å²) in [5.74, 6) is 0.662. The van der Waals surface area contributed by atoms with Crippen LogP contribution in [0.2, 0.25) is 5.02 Å². The van der Waals surface area contributed by atoms with Gasteiger partial charge in [-0.25, -0.2) is 9.97 Å². The Labute approximate surface area is 246 Å². The second-order valence-corrected chi connectivity index (χ2v) is 11.1. The third kappa shape index (κ3) is 5.58. The van der Waals surface area contributed by atoms with E-state index in [-0.39, 0.29) is 17.6 Å². The van der Waals surface area contributed by atoms with E-state index in [1.807, 2.05) is 42.5 Å². The maximum atomic E-state index is 13.4. The van der Waals surface area contributed by atoms with Gasteiger partial charge in [0.25, 0.3) is 5.56 Å². The normalized spacial score (nSPS) is 15.2. The van der Waals surface area contributed by atoms with Gasteiger partial charge in [-0.15, -0.1) is 0 Å². The highest BCUT2D eigenvalue weighted by Crippen LogP contribution is 2.30. The number of carbonyl (C=O) groups is 1. The Balaban J connectivity index is 1.13. The van der Waals surface area contributed by atoms with Gasteiger partial charge in [-0.1, -0.05) is 48.0 Å². The second kappa shape index (κ2) is 11.5. The van der Waals surface area contributed by atoms with Crippen molar-refractivity contribution in [2.24, 2.45) is 7.05 Å². The number of amides is 1. The van der Waals surface area contributed by atoms with E-state index in [1.165, 1.54) is 17.3 Å². The van der Waals surface area contributed by atoms with Crippen molar-refractivity contribution in [3.8, 4) is 22.6 Å². The molecular formula is C30H30ClN7O4. The Morgan fingerprint density at radius 2 is 1.88 bits per heavy atom. The molecule has 0 aliphatic carbocycles. The molecule has 3 aromatic heterocycles. The SMILES string of the molecule is Cn1nc2c(=O)n(CC3(O)CCN(Cc4ccc(-c5cnco5)cc4Cl)CC3)cnc2c1-c1ccc(CNC=O)cc1. The predicted octanol–water partition coefficient (Wildman–Crippen LogP) is 3.38. The van der Waals surface area contributed by atoms with Crippen molar-refractivity contribution in [2.45, 2.75) is 38.1 Å². The molecule has 42 heavy (non-hydrogen) atoms. The third-order valence-electron chi connectivity index (χ3n) is 7.84. The quantitative estimate of drug-likeness (QED) is 0.251. The van der Waals surface area contributed by atoms with Crippen LogP contribution in [0.3, 0.4) is 0 Å². The average Bonchev–Trinajstić information content (AvgIpc) is 3.65. The first kappa shape index (κ1) is 27.8. The second-order valence-electron chi connectivity index (χ2n) is 10.7. The van der Waals surface area contributed by atoms with Crippen LogP contribution in [0.25, 0.3) is 33.6 Å². The van der Waals surface area contributed by atoms with Crippen LogP contribution in [0, 0.1) is 0 Å². The molecule has 0 atom stereocenters. The van der Waals surface area contributed by atoms with Crippen LogP contribution in [-0.2, 0) is 31.5 Å². The summed E-state index contributed by atoms with van der Waals surface area (Å²) < 4.78 is 8.47. The van der Waals surface area contributed by atoms with Gasteiger partial charge in [0.05, 0.1) is 30.4 Å². The molecule has 5 aromatic rings. The predicted molar refractivity (Wildman–Crippen MR) is 158 cm³/mol. The van der Waals surface area contributed by atoms with Crippen LogP contribution in [0.1, 0.15) is 24.0 Å². The number of aryl methyl sites for hydroxylation is 1. The maximum absolute atomic E-state index is 13.4. The molecule has 1 aliphatic heterocycles. The molecule has 1 fully saturated rings. The molecule has 2 aromatic carbocycles. The highest BCUT2D eigenvalue weighted by atomic mass is 35.5. The number of oxazole rings is 1. The first-order valence-electron chi connectivity index (χ1n) is 13.6. The Morgan fingerprint density at radius 3 is 2.57 bits per heavy atom. The summed E-state index contributed by atoms with van der Waals surface area (Å²) in [4.78, 5) is 34.8. The summed E-state index contributed by atoms with van der Waals surface area (Å²) in [5, 5.41) is 19.2. The molecule has 2 N–H and O–H groups in total. The van der Waals surface area contributed by atoms with E-state index in [4.69, 9.17) is 16.0 Å². The molecule has 1 aliphatic rings. The molecule has 4 heterocycles. The molecular weight excluding hydrogens is 558 g/mol. The minimum atomic E-state index is -1.04. The van der Waals surface area contributed by atoms with Crippen molar-refractivity contribution < 1.29 is 14.3 Å². The topological polar surface area (TPSA) is 131 Å². The van der Waals surface area contributed by atoms with E-state index in [0.29, 0.717) is 61.7 Å². The van der Waals surface area contributed by atoms with E-state index in [9.17, 15) is 14.7 Å². The lowest BCUT2D eigenvalue weighted by Crippen LogP contribution is -2.47. The molecule has 0 bridgehead atoms. The first-order valence-corrected chi connectivity index (χ1v) is 14.0. The van der Waals surface area contributed by atoms with Crippen LogP contribution in [-0.4, -0.2) is 59.4 Å². The molecule has 11 nitrogen and oxygen atoms in total. The van der Waals surface area contributed by atoms with Crippen LogP contribution in [0.15, 0.2) is 70.6 Å². The number of rotatable bonds is 9. The zero-order chi connectivity index (χ0) is 29.3. The van der Waals surface area contributed by atoms with Crippen molar-refractivity contribution in [1.29, 1.82) is 0 Å². The Bertz CT molecular complexity index is 1770. The molecule has 6 rings (SSSR count). The minimum Gasteiger partial charge on any atom is -0.444 e. The van der Waals surface area contributed by atoms with Crippen molar-refractivity contribution in [2.75, 3.05) is 13.1 Å². The number of piperidine rings is 1. The summed E-state index contributed by atoms with van der Waals surface area (Å²) in [6.07, 6.45) is 6.21. The fourth-order valence-electron chi connectivity index (χ4n) is 5.50. The number of halogens is 1. The van der Waals surface area contributed by atoms with E-state index in [0.717, 1.165) is 27.9 Å². The van der Waals surface area contributed by atoms with Crippen LogP contribution in [0.4, 0.5) is 0 Å². The lowest BCUT2D eigenvalue weighted by molar-refractivity contribution is -0.109. The highest BCUT2D eigenvalue weighted by molar-refractivity contribution is 6.31. The molecule has 12 heteroatoms. The van der Waals surface area contributed by atoms with Gasteiger partial charge < -0.3 is 14.8 Å². The van der Waals surface area contributed by atoms with Gasteiger partial charge in [0.15, 0.2) is 17.7 Å². The highest BCUT2D eigenvalue weighted by Gasteiger charge is 2.33. The van der Waals surface area contributed by atoms with E-state index < -0.39 is 5.60 Å². The number of hydrogen-bond acceptors (Lipinski definition) is 8.